The molecule has 122 valence electrons. The molecule has 4 nitrogen and oxygen atoms in total. The molecule has 0 amide bonds. The van der Waals surface area contributed by atoms with Gasteiger partial charge < -0.3 is 14.9 Å². The first-order chi connectivity index (χ1) is 10.3. The molecule has 2 aliphatic rings. The van der Waals surface area contributed by atoms with Gasteiger partial charge in [-0.3, -0.25) is 0 Å². The van der Waals surface area contributed by atoms with Gasteiger partial charge in [0.05, 0.1) is 18.9 Å². The lowest BCUT2D eigenvalue weighted by atomic mass is 9.87. The molecule has 1 aromatic heterocycles. The van der Waals surface area contributed by atoms with E-state index in [-0.39, 0.29) is 16.8 Å². The first-order valence-corrected chi connectivity index (χ1v) is 7.39. The molecule has 1 aromatic rings. The predicted octanol–water partition coefficient (Wildman–Crippen LogP) is 2.75. The standard InChI is InChI=1S/C14H15ClF3NO3/c15-12-11-9(8(3-4-22-11)7-1-2-7)5-10(19-12)13(21,6-20)14(16,17)18/h5,7-8,20-21H,1-4,6H2. The maximum Gasteiger partial charge on any atom is 0.425 e. The second-order valence-corrected chi connectivity index (χ2v) is 6.17. The Morgan fingerprint density at radius 2 is 2.00 bits per heavy atom. The third-order valence-electron chi connectivity index (χ3n) is 4.35. The summed E-state index contributed by atoms with van der Waals surface area (Å²) >= 11 is 5.95. The smallest absolute Gasteiger partial charge is 0.425 e. The summed E-state index contributed by atoms with van der Waals surface area (Å²) in [6.45, 7) is -1.08. The van der Waals surface area contributed by atoms with Gasteiger partial charge >= 0.3 is 6.18 Å². The van der Waals surface area contributed by atoms with E-state index in [2.05, 4.69) is 4.98 Å². The van der Waals surface area contributed by atoms with Crippen LogP contribution in [0.15, 0.2) is 6.07 Å². The van der Waals surface area contributed by atoms with Crippen molar-refractivity contribution in [2.75, 3.05) is 13.2 Å². The molecule has 0 aromatic carbocycles. The molecule has 1 aliphatic heterocycles. The number of halogens is 4. The molecule has 3 rings (SSSR count). The van der Waals surface area contributed by atoms with Crippen LogP contribution < -0.4 is 4.74 Å². The number of aromatic nitrogens is 1. The van der Waals surface area contributed by atoms with Crippen molar-refractivity contribution in [3.05, 3.63) is 22.5 Å². The van der Waals surface area contributed by atoms with E-state index >= 15 is 0 Å². The van der Waals surface area contributed by atoms with Crippen molar-refractivity contribution in [3.63, 3.8) is 0 Å². The lowest BCUT2D eigenvalue weighted by Crippen LogP contribution is -2.46. The van der Waals surface area contributed by atoms with Crippen LogP contribution in [0.1, 0.15) is 36.4 Å². The second-order valence-electron chi connectivity index (χ2n) is 5.81. The summed E-state index contributed by atoms with van der Waals surface area (Å²) in [7, 11) is 0. The molecule has 2 heterocycles. The number of nitrogens with zero attached hydrogens (tertiary/aromatic N) is 1. The van der Waals surface area contributed by atoms with Gasteiger partial charge in [-0.1, -0.05) is 11.6 Å². The zero-order chi connectivity index (χ0) is 16.1. The molecule has 1 saturated carbocycles. The second kappa shape index (κ2) is 5.25. The lowest BCUT2D eigenvalue weighted by molar-refractivity contribution is -0.279. The van der Waals surface area contributed by atoms with E-state index in [1.54, 1.807) is 0 Å². The Kier molecular flexibility index (Phi) is 3.78. The van der Waals surface area contributed by atoms with Crippen LogP contribution in [0.2, 0.25) is 5.15 Å². The minimum absolute atomic E-state index is 0.0548. The molecular formula is C14H15ClF3NO3. The van der Waals surface area contributed by atoms with Gasteiger partial charge in [0.25, 0.3) is 0 Å². The summed E-state index contributed by atoms with van der Waals surface area (Å²) < 4.78 is 44.7. The van der Waals surface area contributed by atoms with E-state index in [1.165, 1.54) is 6.07 Å². The number of aliphatic hydroxyl groups is 2. The molecule has 2 atom stereocenters. The van der Waals surface area contributed by atoms with Crippen LogP contribution in [-0.2, 0) is 5.60 Å². The molecule has 1 fully saturated rings. The fraction of sp³-hybridized carbons (Fsp3) is 0.643. The zero-order valence-electron chi connectivity index (χ0n) is 11.5. The first-order valence-electron chi connectivity index (χ1n) is 7.01. The molecule has 0 spiro atoms. The summed E-state index contributed by atoms with van der Waals surface area (Å²) in [5, 5.41) is 18.7. The molecule has 22 heavy (non-hydrogen) atoms. The number of pyridine rings is 1. The summed E-state index contributed by atoms with van der Waals surface area (Å²) in [5.74, 6) is 0.747. The summed E-state index contributed by atoms with van der Waals surface area (Å²) in [5.41, 5.74) is -3.58. The Labute approximate surface area is 129 Å². The third-order valence-corrected chi connectivity index (χ3v) is 4.60. The van der Waals surface area contributed by atoms with Gasteiger partial charge in [-0.2, -0.15) is 13.2 Å². The molecule has 2 unspecified atom stereocenters. The van der Waals surface area contributed by atoms with Crippen LogP contribution >= 0.6 is 11.6 Å². The van der Waals surface area contributed by atoms with E-state index in [0.29, 0.717) is 24.5 Å². The molecule has 0 bridgehead atoms. The topological polar surface area (TPSA) is 62.6 Å². The minimum Gasteiger partial charge on any atom is -0.490 e. The number of hydrogen-bond acceptors (Lipinski definition) is 4. The van der Waals surface area contributed by atoms with Crippen molar-refractivity contribution < 1.29 is 28.1 Å². The van der Waals surface area contributed by atoms with Crippen LogP contribution in [0.25, 0.3) is 0 Å². The fourth-order valence-corrected chi connectivity index (χ4v) is 3.15. The maximum absolute atomic E-state index is 13.1. The van der Waals surface area contributed by atoms with Crippen LogP contribution in [0.3, 0.4) is 0 Å². The molecule has 0 saturated heterocycles. The largest absolute Gasteiger partial charge is 0.490 e. The van der Waals surface area contributed by atoms with Gasteiger partial charge in [-0.05, 0) is 37.2 Å². The van der Waals surface area contributed by atoms with Gasteiger partial charge in [-0.25, -0.2) is 4.98 Å². The quantitative estimate of drug-likeness (QED) is 0.833. The van der Waals surface area contributed by atoms with Crippen LogP contribution in [0, 0.1) is 5.92 Å². The summed E-state index contributed by atoms with van der Waals surface area (Å²) in [6, 6.07) is 1.17. The van der Waals surface area contributed by atoms with Crippen molar-refractivity contribution in [2.45, 2.75) is 37.0 Å². The summed E-state index contributed by atoms with van der Waals surface area (Å²) in [4.78, 5) is 3.62. The average Bonchev–Trinajstić information content (AvgIpc) is 3.29. The molecule has 0 radical (unpaired) electrons. The van der Waals surface area contributed by atoms with Gasteiger partial charge in [-0.15, -0.1) is 0 Å². The Bertz CT molecular complexity index is 591. The van der Waals surface area contributed by atoms with E-state index in [9.17, 15) is 18.3 Å². The SMILES string of the molecule is OCC(O)(c1cc2c(c(Cl)n1)OCCC2C1CC1)C(F)(F)F. The highest BCUT2D eigenvalue weighted by molar-refractivity contribution is 6.31. The normalized spacial score (nSPS) is 24.4. The van der Waals surface area contributed by atoms with Crippen molar-refractivity contribution in [3.8, 4) is 5.75 Å². The van der Waals surface area contributed by atoms with E-state index in [4.69, 9.17) is 21.4 Å². The highest BCUT2D eigenvalue weighted by Crippen LogP contribution is 2.51. The Balaban J connectivity index is 2.11. The number of alkyl halides is 3. The van der Waals surface area contributed by atoms with Crippen molar-refractivity contribution in [1.82, 2.24) is 4.98 Å². The number of hydrogen-bond donors (Lipinski definition) is 2. The molecule has 8 heteroatoms. The van der Waals surface area contributed by atoms with E-state index in [1.807, 2.05) is 0 Å². The van der Waals surface area contributed by atoms with Crippen molar-refractivity contribution in [1.29, 1.82) is 0 Å². The minimum atomic E-state index is -5.06. The molecule has 2 N–H and O–H groups in total. The van der Waals surface area contributed by atoms with Crippen LogP contribution in [0.4, 0.5) is 13.2 Å². The fourth-order valence-electron chi connectivity index (χ4n) is 2.90. The summed E-state index contributed by atoms with van der Waals surface area (Å²) in [6.07, 6.45) is -2.33. The Morgan fingerprint density at radius 3 is 2.55 bits per heavy atom. The van der Waals surface area contributed by atoms with Gasteiger partial charge in [0.15, 0.2) is 10.9 Å². The van der Waals surface area contributed by atoms with Crippen molar-refractivity contribution >= 4 is 11.6 Å². The number of aliphatic hydroxyl groups excluding tert-OH is 1. The predicted molar refractivity (Wildman–Crippen MR) is 71.9 cm³/mol. The molecular weight excluding hydrogens is 323 g/mol. The highest BCUT2D eigenvalue weighted by Gasteiger charge is 2.56. The monoisotopic (exact) mass is 337 g/mol. The first kappa shape index (κ1) is 15.8. The average molecular weight is 338 g/mol. The van der Waals surface area contributed by atoms with Gasteiger partial charge in [0.2, 0.25) is 5.60 Å². The van der Waals surface area contributed by atoms with Gasteiger partial charge in [0.1, 0.15) is 0 Å². The number of ether oxygens (including phenoxy) is 1. The maximum atomic E-state index is 13.1. The van der Waals surface area contributed by atoms with Gasteiger partial charge in [0, 0.05) is 5.56 Å². The van der Waals surface area contributed by atoms with Crippen LogP contribution in [-0.4, -0.2) is 34.6 Å². The van der Waals surface area contributed by atoms with Crippen LogP contribution in [0.5, 0.6) is 5.75 Å². The number of fused-ring (bicyclic) bond motifs is 1. The van der Waals surface area contributed by atoms with Crippen molar-refractivity contribution in [2.24, 2.45) is 5.92 Å². The number of rotatable bonds is 3. The third kappa shape index (κ3) is 2.45. The highest BCUT2D eigenvalue weighted by atomic mass is 35.5. The van der Waals surface area contributed by atoms with E-state index < -0.39 is 24.1 Å². The Morgan fingerprint density at radius 1 is 1.32 bits per heavy atom. The molecule has 1 aliphatic carbocycles. The lowest BCUT2D eigenvalue weighted by Gasteiger charge is -2.31. The van der Waals surface area contributed by atoms with E-state index in [0.717, 1.165) is 12.8 Å². The zero-order valence-corrected chi connectivity index (χ0v) is 12.3. The Hall–Kier alpha value is -1.05.